The van der Waals surface area contributed by atoms with Gasteiger partial charge in [0.1, 0.15) is 11.6 Å². The maximum atomic E-state index is 12.7. The molecule has 0 aromatic heterocycles. The highest BCUT2D eigenvalue weighted by Gasteiger charge is 2.22. The zero-order valence-corrected chi connectivity index (χ0v) is 7.08. The summed E-state index contributed by atoms with van der Waals surface area (Å²) in [5.41, 5.74) is 0.412. The molecule has 1 aromatic rings. The number of benzene rings is 1. The van der Waals surface area contributed by atoms with E-state index in [0.29, 0.717) is 11.3 Å². The number of hydrogen-bond acceptors (Lipinski definition) is 2. The van der Waals surface area contributed by atoms with E-state index in [0.717, 1.165) is 0 Å². The Morgan fingerprint density at radius 1 is 1.54 bits per heavy atom. The monoisotopic (exact) mass is 181 g/mol. The molecule has 68 valence electrons. The second-order valence-corrected chi connectivity index (χ2v) is 2.92. The van der Waals surface area contributed by atoms with Gasteiger partial charge in [0.2, 0.25) is 0 Å². The third-order valence-electron chi connectivity index (χ3n) is 1.93. The van der Waals surface area contributed by atoms with E-state index >= 15 is 0 Å². The van der Waals surface area contributed by atoms with Crippen LogP contribution in [0, 0.1) is 5.82 Å². The zero-order chi connectivity index (χ0) is 9.42. The standard InChI is InChI=1S/C9H8FNO2/c1-11-5-13-8-4-6(10)2-3-7(8)9(11)12/h2-4H,5H2,1H3. The summed E-state index contributed by atoms with van der Waals surface area (Å²) < 4.78 is 17.9. The number of nitrogens with zero attached hydrogens (tertiary/aromatic N) is 1. The predicted octanol–water partition coefficient (Wildman–Crippen LogP) is 1.25. The zero-order valence-electron chi connectivity index (χ0n) is 7.08. The lowest BCUT2D eigenvalue weighted by atomic mass is 10.1. The van der Waals surface area contributed by atoms with E-state index in [4.69, 9.17) is 4.74 Å². The van der Waals surface area contributed by atoms with Crippen molar-refractivity contribution in [1.29, 1.82) is 0 Å². The molecule has 2 rings (SSSR count). The molecule has 0 aliphatic carbocycles. The van der Waals surface area contributed by atoms with Crippen molar-refractivity contribution in [3.8, 4) is 5.75 Å². The minimum atomic E-state index is -0.392. The topological polar surface area (TPSA) is 29.5 Å². The summed E-state index contributed by atoms with van der Waals surface area (Å²) in [5.74, 6) is -0.208. The minimum absolute atomic E-state index is 0.138. The van der Waals surface area contributed by atoms with E-state index < -0.39 is 5.82 Å². The molecule has 1 aliphatic rings. The van der Waals surface area contributed by atoms with Crippen LogP contribution in [0.25, 0.3) is 0 Å². The van der Waals surface area contributed by atoms with Crippen LogP contribution in [0.5, 0.6) is 5.75 Å². The van der Waals surface area contributed by atoms with Crippen LogP contribution < -0.4 is 4.74 Å². The maximum Gasteiger partial charge on any atom is 0.259 e. The summed E-state index contributed by atoms with van der Waals surface area (Å²) in [5, 5.41) is 0. The summed E-state index contributed by atoms with van der Waals surface area (Å²) in [4.78, 5) is 12.9. The van der Waals surface area contributed by atoms with Gasteiger partial charge in [-0.05, 0) is 12.1 Å². The third-order valence-corrected chi connectivity index (χ3v) is 1.93. The van der Waals surface area contributed by atoms with Crippen molar-refractivity contribution in [2.75, 3.05) is 13.8 Å². The van der Waals surface area contributed by atoms with Gasteiger partial charge < -0.3 is 9.64 Å². The molecule has 3 nitrogen and oxygen atoms in total. The first-order valence-corrected chi connectivity index (χ1v) is 3.86. The molecule has 0 fully saturated rings. The maximum absolute atomic E-state index is 12.7. The molecule has 1 amide bonds. The van der Waals surface area contributed by atoms with E-state index in [2.05, 4.69) is 0 Å². The lowest BCUT2D eigenvalue weighted by molar-refractivity contribution is 0.0594. The fourth-order valence-electron chi connectivity index (χ4n) is 1.22. The molecule has 4 heteroatoms. The van der Waals surface area contributed by atoms with Gasteiger partial charge in [-0.15, -0.1) is 0 Å². The van der Waals surface area contributed by atoms with Gasteiger partial charge in [-0.3, -0.25) is 4.79 Å². The fourth-order valence-corrected chi connectivity index (χ4v) is 1.22. The van der Waals surface area contributed by atoms with Gasteiger partial charge in [0.05, 0.1) is 5.56 Å². The van der Waals surface area contributed by atoms with E-state index in [-0.39, 0.29) is 12.6 Å². The lowest BCUT2D eigenvalue weighted by Gasteiger charge is -2.24. The SMILES string of the molecule is CN1COc2cc(F)ccc2C1=O. The van der Waals surface area contributed by atoms with Crippen LogP contribution >= 0.6 is 0 Å². The summed E-state index contributed by atoms with van der Waals surface area (Å²) in [7, 11) is 1.63. The number of rotatable bonds is 0. The average molecular weight is 181 g/mol. The van der Waals surface area contributed by atoms with Crippen molar-refractivity contribution in [3.63, 3.8) is 0 Å². The number of carbonyl (C=O) groups excluding carboxylic acids is 1. The molecular weight excluding hydrogens is 173 g/mol. The second-order valence-electron chi connectivity index (χ2n) is 2.92. The van der Waals surface area contributed by atoms with E-state index in [1.807, 2.05) is 0 Å². The normalized spacial score (nSPS) is 15.2. The largest absolute Gasteiger partial charge is 0.472 e. The van der Waals surface area contributed by atoms with Crippen molar-refractivity contribution < 1.29 is 13.9 Å². The molecule has 0 N–H and O–H groups in total. The van der Waals surface area contributed by atoms with Crippen molar-refractivity contribution in [2.24, 2.45) is 0 Å². The van der Waals surface area contributed by atoms with Crippen molar-refractivity contribution in [1.82, 2.24) is 4.90 Å². The molecule has 0 spiro atoms. The molecule has 0 unspecified atom stereocenters. The van der Waals surface area contributed by atoms with Crippen LogP contribution in [0.1, 0.15) is 10.4 Å². The Hall–Kier alpha value is -1.58. The highest BCUT2D eigenvalue weighted by molar-refractivity contribution is 5.97. The van der Waals surface area contributed by atoms with Gasteiger partial charge in [0, 0.05) is 13.1 Å². The molecule has 1 heterocycles. The molecule has 0 saturated heterocycles. The van der Waals surface area contributed by atoms with Crippen LogP contribution in [0.3, 0.4) is 0 Å². The van der Waals surface area contributed by atoms with Crippen LogP contribution in [0.4, 0.5) is 4.39 Å². The van der Waals surface area contributed by atoms with Gasteiger partial charge in [-0.2, -0.15) is 0 Å². The molecule has 1 aromatic carbocycles. The van der Waals surface area contributed by atoms with Gasteiger partial charge >= 0.3 is 0 Å². The first-order chi connectivity index (χ1) is 6.18. The minimum Gasteiger partial charge on any atom is -0.472 e. The fraction of sp³-hybridized carbons (Fsp3) is 0.222. The molecule has 0 saturated carbocycles. The quantitative estimate of drug-likeness (QED) is 0.602. The van der Waals surface area contributed by atoms with E-state index in [1.54, 1.807) is 7.05 Å². The number of carbonyl (C=O) groups is 1. The van der Waals surface area contributed by atoms with Crippen LogP contribution in [-0.2, 0) is 0 Å². The number of ether oxygens (including phenoxy) is 1. The van der Waals surface area contributed by atoms with Crippen LogP contribution in [0.2, 0.25) is 0 Å². The number of hydrogen-bond donors (Lipinski definition) is 0. The van der Waals surface area contributed by atoms with Gasteiger partial charge in [0.25, 0.3) is 5.91 Å². The summed E-state index contributed by atoms with van der Waals surface area (Å²) in [6.07, 6.45) is 0. The number of halogens is 1. The Kier molecular flexibility index (Phi) is 1.69. The van der Waals surface area contributed by atoms with E-state index in [1.165, 1.54) is 23.1 Å². The molecule has 13 heavy (non-hydrogen) atoms. The van der Waals surface area contributed by atoms with Crippen molar-refractivity contribution >= 4 is 5.91 Å². The predicted molar refractivity (Wildman–Crippen MR) is 44.0 cm³/mol. The Bertz CT molecular complexity index is 365. The van der Waals surface area contributed by atoms with Crippen molar-refractivity contribution in [3.05, 3.63) is 29.6 Å². The highest BCUT2D eigenvalue weighted by atomic mass is 19.1. The third kappa shape index (κ3) is 1.24. The Labute approximate surface area is 74.7 Å². The summed E-state index contributed by atoms with van der Waals surface area (Å²) in [6, 6.07) is 3.90. The highest BCUT2D eigenvalue weighted by Crippen LogP contribution is 2.24. The molecular formula is C9H8FNO2. The summed E-state index contributed by atoms with van der Waals surface area (Å²) in [6.45, 7) is 0.176. The van der Waals surface area contributed by atoms with Gasteiger partial charge in [0.15, 0.2) is 6.73 Å². The smallest absolute Gasteiger partial charge is 0.259 e. The van der Waals surface area contributed by atoms with Gasteiger partial charge in [-0.1, -0.05) is 0 Å². The molecule has 1 aliphatic heterocycles. The Morgan fingerprint density at radius 3 is 3.08 bits per heavy atom. The Morgan fingerprint density at radius 2 is 2.31 bits per heavy atom. The average Bonchev–Trinajstić information content (AvgIpc) is 2.12. The molecule has 0 radical (unpaired) electrons. The lowest BCUT2D eigenvalue weighted by Crippen LogP contribution is -2.35. The molecule has 0 bridgehead atoms. The number of amides is 1. The van der Waals surface area contributed by atoms with Crippen LogP contribution in [-0.4, -0.2) is 24.6 Å². The second kappa shape index (κ2) is 2.73. The first kappa shape index (κ1) is 8.04. The van der Waals surface area contributed by atoms with Gasteiger partial charge in [-0.25, -0.2) is 4.39 Å². The molecule has 0 atom stereocenters. The van der Waals surface area contributed by atoms with E-state index in [9.17, 15) is 9.18 Å². The summed E-state index contributed by atoms with van der Waals surface area (Å²) >= 11 is 0. The van der Waals surface area contributed by atoms with Crippen molar-refractivity contribution in [2.45, 2.75) is 0 Å². The van der Waals surface area contributed by atoms with Crippen LogP contribution in [0.15, 0.2) is 18.2 Å². The first-order valence-electron chi connectivity index (χ1n) is 3.86. The number of fused-ring (bicyclic) bond motifs is 1. The Balaban J connectivity index is 2.50.